The molecule has 1 N–H and O–H groups in total. The molecule has 36 heavy (non-hydrogen) atoms. The quantitative estimate of drug-likeness (QED) is 0.297. The SMILES string of the molecule is CCc1cc(NC(=O)c2ccc(-c3c(-c4ccc(F)cc4)ncn3C3CCCCC3)o2)cc(OC)c1. The van der Waals surface area contributed by atoms with Gasteiger partial charge in [-0.2, -0.15) is 0 Å². The fourth-order valence-corrected chi connectivity index (χ4v) is 4.89. The molecule has 0 radical (unpaired) electrons. The first-order valence-electron chi connectivity index (χ1n) is 12.5. The van der Waals surface area contributed by atoms with E-state index in [4.69, 9.17) is 14.1 Å². The van der Waals surface area contributed by atoms with Crippen molar-refractivity contribution < 1.29 is 18.3 Å². The third kappa shape index (κ3) is 4.91. The van der Waals surface area contributed by atoms with Crippen molar-refractivity contribution in [2.75, 3.05) is 12.4 Å². The van der Waals surface area contributed by atoms with Crippen molar-refractivity contribution in [1.82, 2.24) is 9.55 Å². The van der Waals surface area contributed by atoms with E-state index >= 15 is 0 Å². The maximum absolute atomic E-state index is 13.6. The Morgan fingerprint density at radius 1 is 1.11 bits per heavy atom. The Labute approximate surface area is 210 Å². The van der Waals surface area contributed by atoms with E-state index in [1.807, 2.05) is 25.4 Å². The van der Waals surface area contributed by atoms with Crippen LogP contribution in [0.5, 0.6) is 5.75 Å². The lowest BCUT2D eigenvalue weighted by Crippen LogP contribution is -2.13. The van der Waals surface area contributed by atoms with Crippen LogP contribution in [0.2, 0.25) is 0 Å². The number of methoxy groups -OCH3 is 1. The van der Waals surface area contributed by atoms with Gasteiger partial charge in [-0.1, -0.05) is 26.2 Å². The number of hydrogen-bond acceptors (Lipinski definition) is 4. The molecule has 0 spiro atoms. The van der Waals surface area contributed by atoms with Crippen LogP contribution in [-0.4, -0.2) is 22.6 Å². The van der Waals surface area contributed by atoms with Crippen molar-refractivity contribution in [1.29, 1.82) is 0 Å². The summed E-state index contributed by atoms with van der Waals surface area (Å²) in [7, 11) is 1.60. The summed E-state index contributed by atoms with van der Waals surface area (Å²) in [6, 6.07) is 15.7. The lowest BCUT2D eigenvalue weighted by Gasteiger charge is -2.24. The van der Waals surface area contributed by atoms with Gasteiger partial charge in [-0.15, -0.1) is 0 Å². The van der Waals surface area contributed by atoms with Crippen LogP contribution in [0, 0.1) is 5.82 Å². The molecule has 0 aliphatic heterocycles. The number of furan rings is 1. The molecule has 7 heteroatoms. The number of nitrogens with zero attached hydrogens (tertiary/aromatic N) is 2. The van der Waals surface area contributed by atoms with Crippen molar-refractivity contribution in [3.63, 3.8) is 0 Å². The molecule has 2 heterocycles. The predicted octanol–water partition coefficient (Wildman–Crippen LogP) is 7.28. The smallest absolute Gasteiger partial charge is 0.291 e. The summed E-state index contributed by atoms with van der Waals surface area (Å²) in [6.45, 7) is 2.05. The van der Waals surface area contributed by atoms with E-state index in [2.05, 4.69) is 9.88 Å². The molecule has 4 aromatic rings. The van der Waals surface area contributed by atoms with E-state index in [0.717, 1.165) is 36.1 Å². The summed E-state index contributed by atoms with van der Waals surface area (Å²) in [5, 5.41) is 2.92. The molecule has 2 aromatic heterocycles. The molecular formula is C29H30FN3O3. The van der Waals surface area contributed by atoms with Gasteiger partial charge in [0.15, 0.2) is 11.5 Å². The summed E-state index contributed by atoms with van der Waals surface area (Å²) >= 11 is 0. The second-order valence-electron chi connectivity index (χ2n) is 9.19. The fourth-order valence-electron chi connectivity index (χ4n) is 4.89. The van der Waals surface area contributed by atoms with Crippen LogP contribution in [-0.2, 0) is 6.42 Å². The van der Waals surface area contributed by atoms with E-state index in [1.165, 1.54) is 31.4 Å². The molecule has 2 aromatic carbocycles. The topological polar surface area (TPSA) is 69.3 Å². The van der Waals surface area contributed by atoms with Crippen LogP contribution in [0.4, 0.5) is 10.1 Å². The Bertz CT molecular complexity index is 1330. The maximum atomic E-state index is 13.6. The summed E-state index contributed by atoms with van der Waals surface area (Å²) in [5.41, 5.74) is 4.02. The highest BCUT2D eigenvalue weighted by molar-refractivity contribution is 6.02. The number of benzene rings is 2. The van der Waals surface area contributed by atoms with Gasteiger partial charge in [-0.3, -0.25) is 4.79 Å². The monoisotopic (exact) mass is 487 g/mol. The van der Waals surface area contributed by atoms with Gasteiger partial charge in [-0.25, -0.2) is 9.37 Å². The number of aromatic nitrogens is 2. The van der Waals surface area contributed by atoms with E-state index < -0.39 is 0 Å². The molecule has 0 bridgehead atoms. The van der Waals surface area contributed by atoms with Gasteiger partial charge in [0.1, 0.15) is 17.3 Å². The zero-order chi connectivity index (χ0) is 25.1. The van der Waals surface area contributed by atoms with Crippen molar-refractivity contribution in [3.05, 3.63) is 78.1 Å². The predicted molar refractivity (Wildman–Crippen MR) is 138 cm³/mol. The van der Waals surface area contributed by atoms with Crippen LogP contribution >= 0.6 is 0 Å². The third-order valence-corrected chi connectivity index (χ3v) is 6.81. The molecule has 186 valence electrons. The molecule has 6 nitrogen and oxygen atoms in total. The van der Waals surface area contributed by atoms with Gasteiger partial charge in [0.2, 0.25) is 0 Å². The number of rotatable bonds is 7. The third-order valence-electron chi connectivity index (χ3n) is 6.81. The molecule has 1 aliphatic carbocycles. The minimum atomic E-state index is -0.344. The highest BCUT2D eigenvalue weighted by Gasteiger charge is 2.25. The standard InChI is InChI=1S/C29H30FN3O3/c1-3-19-15-22(17-24(16-19)35-2)32-29(34)26-14-13-25(36-26)28-27(20-9-11-21(30)12-10-20)31-18-33(28)23-7-5-4-6-8-23/h9-18,23H,3-8H2,1-2H3,(H,32,34). The number of carbonyl (C=O) groups is 1. The number of hydrogen-bond donors (Lipinski definition) is 1. The summed E-state index contributed by atoms with van der Waals surface area (Å²) in [5.74, 6) is 0.802. The number of anilines is 1. The summed E-state index contributed by atoms with van der Waals surface area (Å²) in [6.07, 6.45) is 8.36. The van der Waals surface area contributed by atoms with Gasteiger partial charge in [0, 0.05) is 23.4 Å². The highest BCUT2D eigenvalue weighted by atomic mass is 19.1. The zero-order valence-corrected chi connectivity index (χ0v) is 20.6. The molecule has 0 unspecified atom stereocenters. The molecule has 1 fully saturated rings. The fraction of sp³-hybridized carbons (Fsp3) is 0.310. The first-order chi connectivity index (χ1) is 17.6. The van der Waals surface area contributed by atoms with Gasteiger partial charge >= 0.3 is 0 Å². The van der Waals surface area contributed by atoms with Crippen molar-refractivity contribution in [3.8, 4) is 28.5 Å². The van der Waals surface area contributed by atoms with Gasteiger partial charge < -0.3 is 19.0 Å². The maximum Gasteiger partial charge on any atom is 0.291 e. The van der Waals surface area contributed by atoms with E-state index in [0.29, 0.717) is 28.9 Å². The van der Waals surface area contributed by atoms with Crippen molar-refractivity contribution >= 4 is 11.6 Å². The Morgan fingerprint density at radius 3 is 2.61 bits per heavy atom. The van der Waals surface area contributed by atoms with E-state index in [9.17, 15) is 9.18 Å². The number of amides is 1. The molecule has 1 saturated carbocycles. The lowest BCUT2D eigenvalue weighted by atomic mass is 9.95. The van der Waals surface area contributed by atoms with Crippen LogP contribution in [0.25, 0.3) is 22.7 Å². The van der Waals surface area contributed by atoms with Crippen LogP contribution < -0.4 is 10.1 Å². The number of halogens is 1. The average molecular weight is 488 g/mol. The Morgan fingerprint density at radius 2 is 1.89 bits per heavy atom. The van der Waals surface area contributed by atoms with Gasteiger partial charge in [-0.05, 0) is 73.4 Å². The summed E-state index contributed by atoms with van der Waals surface area (Å²) < 4.78 is 27.2. The number of carbonyl (C=O) groups excluding carboxylic acids is 1. The minimum absolute atomic E-state index is 0.201. The van der Waals surface area contributed by atoms with Crippen LogP contribution in [0.15, 0.2) is 65.3 Å². The van der Waals surface area contributed by atoms with Crippen LogP contribution in [0.3, 0.4) is 0 Å². The van der Waals surface area contributed by atoms with Gasteiger partial charge in [0.25, 0.3) is 5.91 Å². The van der Waals surface area contributed by atoms with E-state index in [1.54, 1.807) is 37.4 Å². The van der Waals surface area contributed by atoms with Crippen molar-refractivity contribution in [2.24, 2.45) is 0 Å². The average Bonchev–Trinajstić information content (AvgIpc) is 3.57. The molecule has 5 rings (SSSR count). The molecular weight excluding hydrogens is 457 g/mol. The minimum Gasteiger partial charge on any atom is -0.497 e. The number of nitrogens with one attached hydrogen (secondary N) is 1. The molecule has 1 aliphatic rings. The second-order valence-corrected chi connectivity index (χ2v) is 9.19. The number of ether oxygens (including phenoxy) is 1. The molecule has 1 amide bonds. The van der Waals surface area contributed by atoms with Gasteiger partial charge in [0.05, 0.1) is 19.1 Å². The Kier molecular flexibility index (Phi) is 6.89. The first-order valence-corrected chi connectivity index (χ1v) is 12.5. The zero-order valence-electron chi connectivity index (χ0n) is 20.6. The van der Waals surface area contributed by atoms with Crippen LogP contribution in [0.1, 0.15) is 61.2 Å². The summed E-state index contributed by atoms with van der Waals surface area (Å²) in [4.78, 5) is 17.8. The number of imidazole rings is 1. The lowest BCUT2D eigenvalue weighted by molar-refractivity contribution is 0.0997. The Hall–Kier alpha value is -3.87. The van der Waals surface area contributed by atoms with Crippen molar-refractivity contribution in [2.45, 2.75) is 51.5 Å². The second kappa shape index (κ2) is 10.4. The normalized spacial score (nSPS) is 14.1. The highest BCUT2D eigenvalue weighted by Crippen LogP contribution is 2.38. The largest absolute Gasteiger partial charge is 0.497 e. The number of aryl methyl sites for hydroxylation is 1. The van der Waals surface area contributed by atoms with E-state index in [-0.39, 0.29) is 17.5 Å². The Balaban J connectivity index is 1.48. The first kappa shape index (κ1) is 23.9. The molecule has 0 saturated heterocycles. The molecule has 0 atom stereocenters.